The van der Waals surface area contributed by atoms with E-state index in [1.165, 1.54) is 6.92 Å². The minimum atomic E-state index is -1.63. The maximum absolute atomic E-state index is 13.3. The average molecular weight is 695 g/mol. The fourth-order valence-corrected chi connectivity index (χ4v) is 4.16. The second-order valence-electron chi connectivity index (χ2n) is 11.0. The van der Waals surface area contributed by atoms with Crippen molar-refractivity contribution in [3.8, 4) is 0 Å². The number of rotatable bonds is 22. The number of carbonyl (C=O) groups excluding carboxylic acids is 6. The van der Waals surface area contributed by atoms with Crippen LogP contribution >= 0.6 is 0 Å². The quantitative estimate of drug-likeness (QED) is 0.0307. The molecule has 0 aliphatic rings. The van der Waals surface area contributed by atoms with Gasteiger partial charge in [-0.05, 0) is 31.7 Å². The number of benzene rings is 1. The molecule has 20 heteroatoms. The lowest BCUT2D eigenvalue weighted by atomic mass is 10.1. The normalized spacial score (nSPS) is 14.4. The van der Waals surface area contributed by atoms with E-state index in [1.54, 1.807) is 30.3 Å². The molecular formula is C29H46N10O10. The minimum absolute atomic E-state index is 0.0742. The molecular weight excluding hydrogens is 648 g/mol. The lowest BCUT2D eigenvalue weighted by molar-refractivity contribution is -0.142. The number of hydrogen-bond donors (Lipinski definition) is 13. The number of carboxylic acid groups (broad SMARTS) is 1. The second kappa shape index (κ2) is 21.5. The molecule has 272 valence electrons. The van der Waals surface area contributed by atoms with Crippen molar-refractivity contribution < 1.29 is 48.9 Å². The topological polar surface area (TPSA) is 354 Å². The summed E-state index contributed by atoms with van der Waals surface area (Å²) in [6, 6.07) is -0.0567. The first-order valence-electron chi connectivity index (χ1n) is 15.2. The predicted octanol–water partition coefficient (Wildman–Crippen LogP) is -5.40. The van der Waals surface area contributed by atoms with E-state index in [-0.39, 0.29) is 44.6 Å². The molecule has 6 amide bonds. The van der Waals surface area contributed by atoms with Crippen LogP contribution in [0.1, 0.15) is 38.2 Å². The minimum Gasteiger partial charge on any atom is -0.480 e. The van der Waals surface area contributed by atoms with Crippen LogP contribution in [0.4, 0.5) is 0 Å². The summed E-state index contributed by atoms with van der Waals surface area (Å²) in [6.07, 6.45) is -0.307. The molecule has 0 aliphatic heterocycles. The number of guanidine groups is 1. The van der Waals surface area contributed by atoms with Crippen molar-refractivity contribution in [2.24, 2.45) is 17.2 Å². The number of amides is 6. The van der Waals surface area contributed by atoms with Crippen molar-refractivity contribution in [1.29, 1.82) is 5.41 Å². The Hall–Kier alpha value is -5.34. The zero-order valence-corrected chi connectivity index (χ0v) is 26.9. The first kappa shape index (κ1) is 41.7. The number of nitrogens with two attached hydrogens (primary N) is 3. The molecule has 0 unspecified atom stereocenters. The Balaban J connectivity index is 2.98. The zero-order valence-electron chi connectivity index (χ0n) is 26.9. The Bertz CT molecular complexity index is 1320. The molecule has 0 saturated heterocycles. The molecule has 0 aromatic heterocycles. The third kappa shape index (κ3) is 15.9. The van der Waals surface area contributed by atoms with Gasteiger partial charge in [0.15, 0.2) is 5.96 Å². The summed E-state index contributed by atoms with van der Waals surface area (Å²) < 4.78 is 0. The second-order valence-corrected chi connectivity index (χ2v) is 11.0. The Kier molecular flexibility index (Phi) is 18.3. The molecule has 0 bridgehead atoms. The van der Waals surface area contributed by atoms with Gasteiger partial charge in [0.25, 0.3) is 0 Å². The van der Waals surface area contributed by atoms with E-state index in [1.807, 2.05) is 0 Å². The summed E-state index contributed by atoms with van der Waals surface area (Å²) in [4.78, 5) is 86.9. The first-order chi connectivity index (χ1) is 23.1. The van der Waals surface area contributed by atoms with Crippen LogP contribution in [-0.2, 0) is 40.0 Å². The SMILES string of the molecule is C[C@H](NC(=O)[C@@H](N)CCC(N)=O)C(=O)N[C@@H](CO)C(=O)N[C@@H](CCCNC(=N)N)C(=O)N[C@@H](CO)C(=O)N[C@@H](Cc1ccccc1)C(=O)O. The van der Waals surface area contributed by atoms with Gasteiger partial charge < -0.3 is 64.4 Å². The Morgan fingerprint density at radius 3 is 1.76 bits per heavy atom. The molecule has 0 fully saturated rings. The van der Waals surface area contributed by atoms with E-state index in [0.29, 0.717) is 5.56 Å². The van der Waals surface area contributed by atoms with E-state index >= 15 is 0 Å². The number of carbonyl (C=O) groups is 7. The van der Waals surface area contributed by atoms with Crippen LogP contribution in [0.15, 0.2) is 30.3 Å². The van der Waals surface area contributed by atoms with Gasteiger partial charge in [-0.3, -0.25) is 34.2 Å². The van der Waals surface area contributed by atoms with Crippen LogP contribution < -0.4 is 49.1 Å². The number of aliphatic carboxylic acids is 1. The standard InChI is InChI=1S/C29H46N10O10/c1-15(35-24(44)17(30)9-10-22(31)42)23(43)38-20(13-40)26(46)36-18(8-5-11-34-29(32)33)25(45)39-21(14-41)27(47)37-19(28(48)49)12-16-6-3-2-4-7-16/h2-4,6-7,15,17-21,40-41H,5,8-14,30H2,1H3,(H2,31,42)(H,35,44)(H,36,46)(H,37,47)(H,38,43)(H,39,45)(H,48,49)(H4,32,33,34)/t15-,17-,18-,19-,20-,21-/m0/s1. The van der Waals surface area contributed by atoms with Crippen LogP contribution in [0.2, 0.25) is 0 Å². The number of carboxylic acids is 1. The highest BCUT2D eigenvalue weighted by Gasteiger charge is 2.32. The molecule has 0 saturated carbocycles. The monoisotopic (exact) mass is 694 g/mol. The first-order valence-corrected chi connectivity index (χ1v) is 15.2. The summed E-state index contributed by atoms with van der Waals surface area (Å²) in [5.41, 5.74) is 16.6. The average Bonchev–Trinajstić information content (AvgIpc) is 3.05. The molecule has 49 heavy (non-hydrogen) atoms. The summed E-state index contributed by atoms with van der Waals surface area (Å²) in [7, 11) is 0. The number of hydrogen-bond acceptors (Lipinski definition) is 11. The lowest BCUT2D eigenvalue weighted by Gasteiger charge is -2.25. The van der Waals surface area contributed by atoms with Crippen molar-refractivity contribution in [1.82, 2.24) is 31.9 Å². The molecule has 1 aromatic rings. The molecule has 0 radical (unpaired) electrons. The number of nitrogens with one attached hydrogen (secondary N) is 7. The Morgan fingerprint density at radius 2 is 1.24 bits per heavy atom. The van der Waals surface area contributed by atoms with Crippen molar-refractivity contribution in [2.45, 2.75) is 75.3 Å². The van der Waals surface area contributed by atoms with E-state index < -0.39 is 90.9 Å². The van der Waals surface area contributed by atoms with Crippen molar-refractivity contribution in [3.63, 3.8) is 0 Å². The van der Waals surface area contributed by atoms with Gasteiger partial charge in [-0.15, -0.1) is 0 Å². The number of primary amides is 1. The number of aliphatic hydroxyl groups is 2. The molecule has 0 aliphatic carbocycles. The molecule has 0 heterocycles. The highest BCUT2D eigenvalue weighted by molar-refractivity contribution is 5.96. The van der Waals surface area contributed by atoms with Gasteiger partial charge in [0.05, 0.1) is 19.3 Å². The van der Waals surface area contributed by atoms with Gasteiger partial charge in [-0.1, -0.05) is 30.3 Å². The maximum Gasteiger partial charge on any atom is 0.326 e. The van der Waals surface area contributed by atoms with Crippen LogP contribution in [-0.4, -0.2) is 119 Å². The summed E-state index contributed by atoms with van der Waals surface area (Å²) in [5, 5.41) is 50.5. The van der Waals surface area contributed by atoms with E-state index in [2.05, 4.69) is 31.9 Å². The van der Waals surface area contributed by atoms with Gasteiger partial charge in [0, 0.05) is 19.4 Å². The summed E-state index contributed by atoms with van der Waals surface area (Å²) >= 11 is 0. The molecule has 20 nitrogen and oxygen atoms in total. The van der Waals surface area contributed by atoms with Gasteiger partial charge in [-0.2, -0.15) is 0 Å². The molecule has 0 spiro atoms. The number of aliphatic hydroxyl groups excluding tert-OH is 2. The van der Waals surface area contributed by atoms with Gasteiger partial charge >= 0.3 is 5.97 Å². The third-order valence-electron chi connectivity index (χ3n) is 6.94. The van der Waals surface area contributed by atoms with Crippen LogP contribution in [0.3, 0.4) is 0 Å². The fraction of sp³-hybridized carbons (Fsp3) is 0.517. The summed E-state index contributed by atoms with van der Waals surface area (Å²) in [6.45, 7) is -0.506. The van der Waals surface area contributed by atoms with Crippen LogP contribution in [0, 0.1) is 5.41 Å². The smallest absolute Gasteiger partial charge is 0.326 e. The van der Waals surface area contributed by atoms with Crippen LogP contribution in [0.5, 0.6) is 0 Å². The Labute approximate surface area is 281 Å². The van der Waals surface area contributed by atoms with Gasteiger partial charge in [-0.25, -0.2) is 4.79 Å². The van der Waals surface area contributed by atoms with Crippen molar-refractivity contribution >= 4 is 47.4 Å². The third-order valence-corrected chi connectivity index (χ3v) is 6.94. The molecule has 6 atom stereocenters. The van der Waals surface area contributed by atoms with Crippen molar-refractivity contribution in [3.05, 3.63) is 35.9 Å². The maximum atomic E-state index is 13.3. The molecule has 1 rings (SSSR count). The van der Waals surface area contributed by atoms with E-state index in [4.69, 9.17) is 22.6 Å². The highest BCUT2D eigenvalue weighted by atomic mass is 16.4. The van der Waals surface area contributed by atoms with E-state index in [9.17, 15) is 48.9 Å². The summed E-state index contributed by atoms with van der Waals surface area (Å²) in [5.74, 6) is -7.11. The Morgan fingerprint density at radius 1 is 0.735 bits per heavy atom. The predicted molar refractivity (Wildman–Crippen MR) is 173 cm³/mol. The molecule has 16 N–H and O–H groups in total. The van der Waals surface area contributed by atoms with Crippen molar-refractivity contribution in [2.75, 3.05) is 19.8 Å². The zero-order chi connectivity index (χ0) is 37.1. The lowest BCUT2D eigenvalue weighted by Crippen LogP contribution is -2.60. The molecule has 1 aromatic carbocycles. The van der Waals surface area contributed by atoms with E-state index in [0.717, 1.165) is 0 Å². The fourth-order valence-electron chi connectivity index (χ4n) is 4.16. The van der Waals surface area contributed by atoms with Crippen LogP contribution in [0.25, 0.3) is 0 Å². The van der Waals surface area contributed by atoms with Gasteiger partial charge in [0.2, 0.25) is 35.4 Å². The highest BCUT2D eigenvalue weighted by Crippen LogP contribution is 2.05. The van der Waals surface area contributed by atoms with Gasteiger partial charge in [0.1, 0.15) is 30.2 Å². The largest absolute Gasteiger partial charge is 0.480 e.